The summed E-state index contributed by atoms with van der Waals surface area (Å²) in [5, 5.41) is 8.83. The predicted octanol–water partition coefficient (Wildman–Crippen LogP) is 6.01. The van der Waals surface area contributed by atoms with Gasteiger partial charge in [-0.25, -0.2) is 0 Å². The Morgan fingerprint density at radius 3 is 1.83 bits per heavy atom. The van der Waals surface area contributed by atoms with E-state index in [-0.39, 0.29) is 17.9 Å². The number of carbonyl (C=O) groups is 1. The number of aliphatic hydroxyl groups is 1. The zero-order chi connectivity index (χ0) is 23.0. The molecule has 0 saturated carbocycles. The van der Waals surface area contributed by atoms with E-state index in [1.54, 1.807) is 12.2 Å². The van der Waals surface area contributed by atoms with Gasteiger partial charge in [-0.2, -0.15) is 0 Å². The van der Waals surface area contributed by atoms with Crippen LogP contribution in [0.3, 0.4) is 0 Å². The van der Waals surface area contributed by atoms with Crippen LogP contribution in [0.15, 0.2) is 25.3 Å². The fraction of sp³-hybridized carbons (Fsp3) is 0.792. The van der Waals surface area contributed by atoms with E-state index in [0.29, 0.717) is 12.8 Å². The van der Waals surface area contributed by atoms with Gasteiger partial charge in [-0.15, -0.1) is 0 Å². The first-order valence-electron chi connectivity index (χ1n) is 11.4. The van der Waals surface area contributed by atoms with Crippen molar-refractivity contribution in [1.29, 1.82) is 0 Å². The molecule has 0 aliphatic rings. The summed E-state index contributed by atoms with van der Waals surface area (Å²) in [6.45, 7) is 14.4. The second-order valence-electron chi connectivity index (χ2n) is 9.60. The summed E-state index contributed by atoms with van der Waals surface area (Å²) in [5.41, 5.74) is -0.868. The van der Waals surface area contributed by atoms with E-state index in [2.05, 4.69) is 33.9 Å². The Bertz CT molecular complexity index is 514. The van der Waals surface area contributed by atoms with Crippen molar-refractivity contribution in [1.82, 2.24) is 0 Å². The molecule has 0 fully saturated rings. The molecule has 0 saturated heterocycles. The molecule has 0 aliphatic carbocycles. The molecule has 30 heavy (non-hydrogen) atoms. The van der Waals surface area contributed by atoms with Crippen molar-refractivity contribution < 1.29 is 38.8 Å². The summed E-state index contributed by atoms with van der Waals surface area (Å²) in [5.74, 6) is -0.545. The van der Waals surface area contributed by atoms with Gasteiger partial charge in [-0.05, 0) is 6.42 Å². The van der Waals surface area contributed by atoms with Crippen LogP contribution in [0.1, 0.15) is 97.8 Å². The van der Waals surface area contributed by atoms with Crippen molar-refractivity contribution in [2.24, 2.45) is 16.7 Å². The molecule has 0 aromatic rings. The normalized spacial score (nSPS) is 13.0. The number of allylic oxidation sites excluding steroid dienone is 2. The Hall–Kier alpha value is -0.616. The first-order chi connectivity index (χ1) is 14.1. The van der Waals surface area contributed by atoms with Crippen LogP contribution in [0.4, 0.5) is 0 Å². The average Bonchev–Trinajstić information content (AvgIpc) is 2.64. The van der Waals surface area contributed by atoms with Crippen LogP contribution < -0.4 is 0 Å². The monoisotopic (exact) mass is 460 g/mol. The third-order valence-electron chi connectivity index (χ3n) is 5.70. The van der Waals surface area contributed by atoms with Crippen LogP contribution >= 0.6 is 0 Å². The second kappa shape index (κ2) is 16.1. The molecular weight excluding hydrogens is 416 g/mol. The first-order valence-corrected chi connectivity index (χ1v) is 13.4. The molecule has 6 heteroatoms. The van der Waals surface area contributed by atoms with Gasteiger partial charge < -0.3 is 5.11 Å². The first kappa shape index (κ1) is 29.4. The van der Waals surface area contributed by atoms with Gasteiger partial charge in [-0.1, -0.05) is 0 Å². The number of hydrogen-bond donors (Lipinski definition) is 2. The third kappa shape index (κ3) is 12.3. The standard InChI is InChI=1S/C24H44O3.H2O.O.Ti/c1-6-17-24(18-7-2,22(26)27)21(20-23(3,4)5)16-14-12-10-8-9-11-13-15-19-25;;;/h6-7,21,25H,1-2,8-20H2,3-5H3,(H,26,27);1H2;;/q;;;+2/p-2. The van der Waals surface area contributed by atoms with E-state index >= 15 is 0 Å². The molecule has 0 spiro atoms. The van der Waals surface area contributed by atoms with Crippen LogP contribution in [0.2, 0.25) is 0 Å². The minimum absolute atomic E-state index is 0.0149. The van der Waals surface area contributed by atoms with Gasteiger partial charge in [0.2, 0.25) is 0 Å². The average molecular weight is 460 g/mol. The topological polar surface area (TPSA) is 83.8 Å². The predicted molar refractivity (Wildman–Crippen MR) is 117 cm³/mol. The molecule has 2 N–H and O–H groups in total. The van der Waals surface area contributed by atoms with Crippen molar-refractivity contribution in [3.63, 3.8) is 0 Å². The number of hydrogen-bond acceptors (Lipinski definition) is 4. The van der Waals surface area contributed by atoms with Gasteiger partial charge in [0.1, 0.15) is 0 Å². The van der Waals surface area contributed by atoms with Gasteiger partial charge in [0.25, 0.3) is 0 Å². The van der Waals surface area contributed by atoms with Crippen LogP contribution in [-0.2, 0) is 30.1 Å². The second-order valence-corrected chi connectivity index (χ2v) is 10.7. The number of carbonyl (C=O) groups excluding carboxylic acids is 1. The van der Waals surface area contributed by atoms with Crippen molar-refractivity contribution in [3.8, 4) is 0 Å². The van der Waals surface area contributed by atoms with E-state index in [1.807, 2.05) is 0 Å². The van der Waals surface area contributed by atoms with E-state index in [4.69, 9.17) is 8.42 Å². The van der Waals surface area contributed by atoms with E-state index in [1.165, 1.54) is 19.3 Å². The number of aliphatic hydroxyl groups excluding tert-OH is 1. The zero-order valence-electron chi connectivity index (χ0n) is 19.5. The fourth-order valence-corrected chi connectivity index (χ4v) is 4.89. The molecule has 0 heterocycles. The molecule has 0 radical (unpaired) electrons. The summed E-state index contributed by atoms with van der Waals surface area (Å²) in [7, 11) is 0. The van der Waals surface area contributed by atoms with Gasteiger partial charge >= 0.3 is 173 Å². The van der Waals surface area contributed by atoms with Crippen LogP contribution in [0, 0.1) is 16.7 Å². The molecule has 1 atom stereocenters. The Morgan fingerprint density at radius 1 is 0.967 bits per heavy atom. The van der Waals surface area contributed by atoms with Gasteiger partial charge in [0.15, 0.2) is 0 Å². The molecule has 0 aliphatic heterocycles. The molecular formula is C24H44O5Ti. The Balaban J connectivity index is 5.16. The third-order valence-corrected chi connectivity index (χ3v) is 6.27. The van der Waals surface area contributed by atoms with E-state index in [9.17, 15) is 11.8 Å². The number of unbranched alkanes of at least 4 members (excludes halogenated alkanes) is 7. The Morgan fingerprint density at radius 2 is 1.43 bits per heavy atom. The molecule has 0 aromatic carbocycles. The summed E-state index contributed by atoms with van der Waals surface area (Å²) in [6.07, 6.45) is 14.8. The molecule has 1 unspecified atom stereocenters. The molecule has 0 bridgehead atoms. The van der Waals surface area contributed by atoms with Crippen LogP contribution in [0.25, 0.3) is 0 Å². The minimum atomic E-state index is -3.98. The van der Waals surface area contributed by atoms with Gasteiger partial charge in [0, 0.05) is 6.61 Å². The van der Waals surface area contributed by atoms with Crippen LogP contribution in [-0.4, -0.2) is 21.4 Å². The molecule has 5 nitrogen and oxygen atoms in total. The fourth-order valence-electron chi connectivity index (χ4n) is 4.32. The van der Waals surface area contributed by atoms with E-state index in [0.717, 1.165) is 44.9 Å². The maximum absolute atomic E-state index is 13.0. The van der Waals surface area contributed by atoms with Crippen molar-refractivity contribution in [2.45, 2.75) is 97.8 Å². The van der Waals surface area contributed by atoms with Gasteiger partial charge in [-0.3, -0.25) is 0 Å². The van der Waals surface area contributed by atoms with Crippen molar-refractivity contribution in [3.05, 3.63) is 25.3 Å². The molecule has 174 valence electrons. The van der Waals surface area contributed by atoms with Crippen molar-refractivity contribution >= 4 is 5.97 Å². The van der Waals surface area contributed by atoms with Crippen LogP contribution in [0.5, 0.6) is 0 Å². The van der Waals surface area contributed by atoms with Gasteiger partial charge in [0.05, 0.1) is 0 Å². The summed E-state index contributed by atoms with van der Waals surface area (Å²) >= 11 is -3.98. The molecule has 0 rings (SSSR count). The quantitative estimate of drug-likeness (QED) is 0.149. The summed E-state index contributed by atoms with van der Waals surface area (Å²) in [4.78, 5) is 13.0. The summed E-state index contributed by atoms with van der Waals surface area (Å²) in [6, 6.07) is 0. The summed E-state index contributed by atoms with van der Waals surface area (Å²) < 4.78 is 25.6. The van der Waals surface area contributed by atoms with Crippen molar-refractivity contribution in [2.75, 3.05) is 6.61 Å². The Kier molecular flexibility index (Phi) is 15.7. The zero-order valence-corrected chi connectivity index (χ0v) is 21.0. The maximum atomic E-state index is 13.0. The number of rotatable bonds is 18. The molecule has 0 aromatic heterocycles. The molecule has 0 amide bonds. The Labute approximate surface area is 191 Å². The SMILES string of the molecule is C=CCC(CC=C)(C(=O)[O][Ti](=[O])[OH])C(CCCCCCCCCCO)CC(C)(C)C. The van der Waals surface area contributed by atoms with E-state index < -0.39 is 30.0 Å².